The van der Waals surface area contributed by atoms with Gasteiger partial charge in [-0.15, -0.1) is 0 Å². The summed E-state index contributed by atoms with van der Waals surface area (Å²) in [6.45, 7) is 5.32. The van der Waals surface area contributed by atoms with Gasteiger partial charge in [0.05, 0.1) is 5.41 Å². The van der Waals surface area contributed by atoms with E-state index in [9.17, 15) is 9.59 Å². The first-order valence-electron chi connectivity index (χ1n) is 3.31. The van der Waals surface area contributed by atoms with Crippen LogP contribution in [-0.4, -0.2) is 11.8 Å². The van der Waals surface area contributed by atoms with Crippen molar-refractivity contribution in [3.63, 3.8) is 0 Å². The zero-order valence-corrected chi connectivity index (χ0v) is 6.39. The SMILES string of the molecule is CC1C(=O)NC(=O)C1(C)C. The van der Waals surface area contributed by atoms with Gasteiger partial charge in [0, 0.05) is 5.92 Å². The molecule has 0 saturated carbocycles. The van der Waals surface area contributed by atoms with Crippen LogP contribution in [0.15, 0.2) is 0 Å². The minimum absolute atomic E-state index is 0.157. The molecular weight excluding hydrogens is 130 g/mol. The number of nitrogens with one attached hydrogen (secondary N) is 1. The first-order valence-corrected chi connectivity index (χ1v) is 3.31. The molecule has 0 aromatic carbocycles. The number of rotatable bonds is 0. The van der Waals surface area contributed by atoms with Gasteiger partial charge in [-0.1, -0.05) is 20.8 Å². The Morgan fingerprint density at radius 3 is 2.00 bits per heavy atom. The molecule has 1 rings (SSSR count). The van der Waals surface area contributed by atoms with Gasteiger partial charge in [0.15, 0.2) is 0 Å². The number of imide groups is 1. The molecule has 0 aromatic heterocycles. The third-order valence-electron chi connectivity index (χ3n) is 2.30. The molecule has 1 aliphatic heterocycles. The second kappa shape index (κ2) is 1.81. The van der Waals surface area contributed by atoms with Gasteiger partial charge in [-0.25, -0.2) is 0 Å². The fraction of sp³-hybridized carbons (Fsp3) is 0.714. The summed E-state index contributed by atoms with van der Waals surface area (Å²) in [6, 6.07) is 0. The second-order valence-corrected chi connectivity index (χ2v) is 3.26. The summed E-state index contributed by atoms with van der Waals surface area (Å²) in [5, 5.41) is 2.28. The molecule has 56 valence electrons. The largest absolute Gasteiger partial charge is 0.296 e. The zero-order valence-electron chi connectivity index (χ0n) is 6.39. The summed E-state index contributed by atoms with van der Waals surface area (Å²) in [4.78, 5) is 21.9. The molecule has 1 saturated heterocycles. The van der Waals surface area contributed by atoms with Crippen molar-refractivity contribution in [2.75, 3.05) is 0 Å². The van der Waals surface area contributed by atoms with Crippen molar-refractivity contribution < 1.29 is 9.59 Å². The summed E-state index contributed by atoms with van der Waals surface area (Å²) < 4.78 is 0. The van der Waals surface area contributed by atoms with Crippen LogP contribution in [0.1, 0.15) is 20.8 Å². The van der Waals surface area contributed by atoms with Crippen LogP contribution in [0.4, 0.5) is 0 Å². The van der Waals surface area contributed by atoms with Crippen LogP contribution in [0.3, 0.4) is 0 Å². The van der Waals surface area contributed by atoms with Gasteiger partial charge < -0.3 is 0 Å². The quantitative estimate of drug-likeness (QED) is 0.493. The smallest absolute Gasteiger partial charge is 0.233 e. The fourth-order valence-electron chi connectivity index (χ4n) is 0.906. The summed E-state index contributed by atoms with van der Waals surface area (Å²) in [5.41, 5.74) is -0.517. The van der Waals surface area contributed by atoms with E-state index in [1.807, 2.05) is 0 Å². The second-order valence-electron chi connectivity index (χ2n) is 3.26. The van der Waals surface area contributed by atoms with Crippen LogP contribution in [-0.2, 0) is 9.59 Å². The first kappa shape index (κ1) is 7.25. The molecule has 1 N–H and O–H groups in total. The molecule has 2 amide bonds. The van der Waals surface area contributed by atoms with Crippen LogP contribution in [0.2, 0.25) is 0 Å². The van der Waals surface area contributed by atoms with E-state index < -0.39 is 5.41 Å². The summed E-state index contributed by atoms with van der Waals surface area (Å²) in [7, 11) is 0. The third kappa shape index (κ3) is 0.735. The van der Waals surface area contributed by atoms with E-state index in [1.165, 1.54) is 0 Å². The van der Waals surface area contributed by atoms with E-state index in [0.29, 0.717) is 0 Å². The molecule has 10 heavy (non-hydrogen) atoms. The lowest BCUT2D eigenvalue weighted by atomic mass is 9.82. The number of hydrogen-bond acceptors (Lipinski definition) is 2. The zero-order chi connectivity index (χ0) is 7.94. The number of carbonyl (C=O) groups excluding carboxylic acids is 2. The molecule has 0 radical (unpaired) electrons. The average molecular weight is 141 g/mol. The van der Waals surface area contributed by atoms with Crippen molar-refractivity contribution >= 4 is 11.8 Å². The Bertz CT molecular complexity index is 196. The van der Waals surface area contributed by atoms with Crippen molar-refractivity contribution in [3.05, 3.63) is 0 Å². The van der Waals surface area contributed by atoms with Gasteiger partial charge in [0.25, 0.3) is 0 Å². The summed E-state index contributed by atoms with van der Waals surface area (Å²) >= 11 is 0. The highest BCUT2D eigenvalue weighted by atomic mass is 16.2. The number of carbonyl (C=O) groups is 2. The van der Waals surface area contributed by atoms with Crippen LogP contribution in [0.25, 0.3) is 0 Å². The minimum Gasteiger partial charge on any atom is -0.296 e. The van der Waals surface area contributed by atoms with Gasteiger partial charge >= 0.3 is 0 Å². The van der Waals surface area contributed by atoms with Gasteiger partial charge in [0.1, 0.15) is 0 Å². The maximum absolute atomic E-state index is 11.0. The minimum atomic E-state index is -0.517. The molecule has 1 aliphatic rings. The van der Waals surface area contributed by atoms with Crippen molar-refractivity contribution in [1.82, 2.24) is 5.32 Å². The van der Waals surface area contributed by atoms with Gasteiger partial charge in [-0.3, -0.25) is 14.9 Å². The van der Waals surface area contributed by atoms with Gasteiger partial charge in [-0.05, 0) is 0 Å². The maximum Gasteiger partial charge on any atom is 0.233 e. The number of amides is 2. The monoisotopic (exact) mass is 141 g/mol. The van der Waals surface area contributed by atoms with E-state index in [4.69, 9.17) is 0 Å². The molecular formula is C7H11NO2. The molecule has 1 atom stereocenters. The molecule has 0 aliphatic carbocycles. The Balaban J connectivity index is 2.96. The molecule has 0 aromatic rings. The van der Waals surface area contributed by atoms with E-state index in [0.717, 1.165) is 0 Å². The van der Waals surface area contributed by atoms with Crippen molar-refractivity contribution in [3.8, 4) is 0 Å². The Morgan fingerprint density at radius 1 is 1.40 bits per heavy atom. The maximum atomic E-state index is 11.0. The lowest BCUT2D eigenvalue weighted by Gasteiger charge is -2.16. The highest BCUT2D eigenvalue weighted by Gasteiger charge is 2.45. The fourth-order valence-corrected chi connectivity index (χ4v) is 0.906. The topological polar surface area (TPSA) is 46.2 Å². The van der Waals surface area contributed by atoms with Crippen LogP contribution in [0, 0.1) is 11.3 Å². The molecule has 1 unspecified atom stereocenters. The van der Waals surface area contributed by atoms with E-state index >= 15 is 0 Å². The molecule has 0 spiro atoms. The Labute approximate surface area is 59.8 Å². The number of hydrogen-bond donors (Lipinski definition) is 1. The molecule has 1 heterocycles. The van der Waals surface area contributed by atoms with E-state index in [-0.39, 0.29) is 17.7 Å². The molecule has 3 heteroatoms. The van der Waals surface area contributed by atoms with E-state index in [1.54, 1.807) is 20.8 Å². The van der Waals surface area contributed by atoms with Crippen LogP contribution >= 0.6 is 0 Å². The normalized spacial score (nSPS) is 30.5. The predicted octanol–water partition coefficient (Wildman–Crippen LogP) is 0.305. The van der Waals surface area contributed by atoms with Gasteiger partial charge in [0.2, 0.25) is 11.8 Å². The first-order chi connectivity index (χ1) is 4.46. The molecule has 3 nitrogen and oxygen atoms in total. The highest BCUT2D eigenvalue weighted by Crippen LogP contribution is 2.31. The summed E-state index contributed by atoms with van der Waals surface area (Å²) in [6.07, 6.45) is 0. The molecule has 0 bridgehead atoms. The van der Waals surface area contributed by atoms with Crippen LogP contribution in [0.5, 0.6) is 0 Å². The lowest BCUT2D eigenvalue weighted by molar-refractivity contribution is -0.127. The third-order valence-corrected chi connectivity index (χ3v) is 2.30. The predicted molar refractivity (Wildman–Crippen MR) is 36.1 cm³/mol. The highest BCUT2D eigenvalue weighted by molar-refractivity contribution is 6.06. The Hall–Kier alpha value is -0.860. The van der Waals surface area contributed by atoms with Crippen molar-refractivity contribution in [1.29, 1.82) is 0 Å². The Kier molecular flexibility index (Phi) is 1.31. The van der Waals surface area contributed by atoms with Gasteiger partial charge in [-0.2, -0.15) is 0 Å². The van der Waals surface area contributed by atoms with Crippen molar-refractivity contribution in [2.45, 2.75) is 20.8 Å². The lowest BCUT2D eigenvalue weighted by Crippen LogP contribution is -2.27. The van der Waals surface area contributed by atoms with Crippen LogP contribution < -0.4 is 5.32 Å². The van der Waals surface area contributed by atoms with E-state index in [2.05, 4.69) is 5.32 Å². The standard InChI is InChI=1S/C7H11NO2/c1-4-5(9)8-6(10)7(4,2)3/h4H,1-3H3,(H,8,9,10). The Morgan fingerprint density at radius 2 is 1.90 bits per heavy atom. The molecule has 1 fully saturated rings. The average Bonchev–Trinajstić information content (AvgIpc) is 1.97. The summed E-state index contributed by atoms with van der Waals surface area (Å²) in [5.74, 6) is -0.514. The van der Waals surface area contributed by atoms with Crippen molar-refractivity contribution in [2.24, 2.45) is 11.3 Å².